The molecule has 92 valence electrons. The highest BCUT2D eigenvalue weighted by atomic mass is 16.7. The molecule has 0 fully saturated rings. The van der Waals surface area contributed by atoms with E-state index in [-0.39, 0.29) is 18.5 Å². The van der Waals surface area contributed by atoms with Gasteiger partial charge in [-0.1, -0.05) is 13.8 Å². The normalized spacial score (nSPS) is 13.2. The number of Topliss-reactive ketones (excluding diaryl/α,β-unsaturated/α-hetero) is 1. The summed E-state index contributed by atoms with van der Waals surface area (Å²) in [6, 6.07) is 3.62. The first kappa shape index (κ1) is 11.9. The fourth-order valence-electron chi connectivity index (χ4n) is 2.07. The molecule has 2 rings (SSSR count). The number of benzene rings is 1. The van der Waals surface area contributed by atoms with E-state index in [9.17, 15) is 4.79 Å². The van der Waals surface area contributed by atoms with Crippen LogP contribution in [0.2, 0.25) is 0 Å². The van der Waals surface area contributed by atoms with Crippen molar-refractivity contribution < 1.29 is 14.3 Å². The highest BCUT2D eigenvalue weighted by Crippen LogP contribution is 2.41. The summed E-state index contributed by atoms with van der Waals surface area (Å²) in [5, 5.41) is 2.88. The number of likely N-dealkylation sites (N-methyl/N-ethyl adjacent to an activating group) is 1. The summed E-state index contributed by atoms with van der Waals surface area (Å²) < 4.78 is 10.8. The van der Waals surface area contributed by atoms with E-state index in [1.54, 1.807) is 13.1 Å². The number of hydrogen-bond donors (Lipinski definition) is 1. The molecule has 0 unspecified atom stereocenters. The Hall–Kier alpha value is -1.55. The van der Waals surface area contributed by atoms with E-state index in [4.69, 9.17) is 9.47 Å². The zero-order valence-corrected chi connectivity index (χ0v) is 10.4. The molecule has 0 aromatic heterocycles. The van der Waals surface area contributed by atoms with Crippen LogP contribution < -0.4 is 14.8 Å². The van der Waals surface area contributed by atoms with Gasteiger partial charge in [-0.15, -0.1) is 0 Å². The van der Waals surface area contributed by atoms with E-state index < -0.39 is 0 Å². The minimum atomic E-state index is 0.0782. The summed E-state index contributed by atoms with van der Waals surface area (Å²) in [5.41, 5.74) is 1.67. The average Bonchev–Trinajstić information content (AvgIpc) is 2.75. The first-order valence-electron chi connectivity index (χ1n) is 5.75. The van der Waals surface area contributed by atoms with Gasteiger partial charge >= 0.3 is 0 Å². The molecule has 1 heterocycles. The van der Waals surface area contributed by atoms with Gasteiger partial charge in [-0.2, -0.15) is 0 Å². The summed E-state index contributed by atoms with van der Waals surface area (Å²) in [5.74, 6) is 1.76. The van der Waals surface area contributed by atoms with Gasteiger partial charge in [-0.05, 0) is 25.1 Å². The molecule has 1 aromatic carbocycles. The first-order chi connectivity index (χ1) is 8.15. The van der Waals surface area contributed by atoms with Gasteiger partial charge in [-0.25, -0.2) is 0 Å². The summed E-state index contributed by atoms with van der Waals surface area (Å²) in [6.45, 7) is 4.67. The summed E-state index contributed by atoms with van der Waals surface area (Å²) in [7, 11) is 1.76. The Bertz CT molecular complexity index is 441. The summed E-state index contributed by atoms with van der Waals surface area (Å²) in [4.78, 5) is 12.0. The Morgan fingerprint density at radius 1 is 1.41 bits per heavy atom. The molecule has 4 nitrogen and oxygen atoms in total. The highest BCUT2D eigenvalue weighted by Gasteiger charge is 2.25. The fraction of sp³-hybridized carbons (Fsp3) is 0.462. The van der Waals surface area contributed by atoms with Crippen molar-refractivity contribution in [2.45, 2.75) is 19.8 Å². The smallest absolute Gasteiger partial charge is 0.231 e. The molecule has 0 bridgehead atoms. The third-order valence-electron chi connectivity index (χ3n) is 2.79. The van der Waals surface area contributed by atoms with Crippen molar-refractivity contribution in [3.63, 3.8) is 0 Å². The van der Waals surface area contributed by atoms with Crippen LogP contribution in [-0.2, 0) is 0 Å². The number of carbonyl (C=O) groups is 1. The van der Waals surface area contributed by atoms with Crippen LogP contribution in [0.15, 0.2) is 12.1 Å². The van der Waals surface area contributed by atoms with Crippen molar-refractivity contribution in [2.24, 2.45) is 0 Å². The predicted octanol–water partition coefficient (Wildman–Crippen LogP) is 1.94. The van der Waals surface area contributed by atoms with Gasteiger partial charge in [0.05, 0.1) is 6.54 Å². The Kier molecular flexibility index (Phi) is 3.33. The van der Waals surface area contributed by atoms with Crippen molar-refractivity contribution in [3.8, 4) is 11.5 Å². The molecule has 0 atom stereocenters. The molecular weight excluding hydrogens is 218 g/mol. The molecule has 1 aliphatic rings. The molecule has 4 heteroatoms. The van der Waals surface area contributed by atoms with Crippen LogP contribution in [0, 0.1) is 0 Å². The fourth-order valence-corrected chi connectivity index (χ4v) is 2.07. The van der Waals surface area contributed by atoms with Gasteiger partial charge in [0.25, 0.3) is 0 Å². The molecular formula is C13H17NO3. The SMILES string of the molecule is CNCC(=O)c1ccc2c(c1C(C)C)OCO2. The van der Waals surface area contributed by atoms with Gasteiger partial charge in [0.15, 0.2) is 17.3 Å². The lowest BCUT2D eigenvalue weighted by atomic mass is 9.93. The molecule has 0 saturated carbocycles. The zero-order valence-electron chi connectivity index (χ0n) is 10.4. The number of nitrogens with one attached hydrogen (secondary N) is 1. The van der Waals surface area contributed by atoms with E-state index in [1.807, 2.05) is 19.9 Å². The predicted molar refractivity (Wildman–Crippen MR) is 64.9 cm³/mol. The van der Waals surface area contributed by atoms with Crippen LogP contribution in [0.3, 0.4) is 0 Å². The van der Waals surface area contributed by atoms with Crippen LogP contribution in [0.25, 0.3) is 0 Å². The number of rotatable bonds is 4. The van der Waals surface area contributed by atoms with Crippen molar-refractivity contribution in [2.75, 3.05) is 20.4 Å². The number of hydrogen-bond acceptors (Lipinski definition) is 4. The minimum absolute atomic E-state index is 0.0782. The van der Waals surface area contributed by atoms with E-state index >= 15 is 0 Å². The second-order valence-electron chi connectivity index (χ2n) is 4.37. The number of fused-ring (bicyclic) bond motifs is 1. The average molecular weight is 235 g/mol. The Morgan fingerprint density at radius 3 is 2.82 bits per heavy atom. The lowest BCUT2D eigenvalue weighted by molar-refractivity contribution is 0.0991. The largest absolute Gasteiger partial charge is 0.454 e. The van der Waals surface area contributed by atoms with Gasteiger partial charge in [-0.3, -0.25) is 4.79 Å². The highest BCUT2D eigenvalue weighted by molar-refractivity contribution is 6.00. The Balaban J connectivity index is 2.49. The second-order valence-corrected chi connectivity index (χ2v) is 4.37. The standard InChI is InChI=1S/C13H17NO3/c1-8(2)12-9(10(15)6-14-3)4-5-11-13(12)17-7-16-11/h4-5,8,14H,6-7H2,1-3H3. The summed E-state index contributed by atoms with van der Waals surface area (Å²) >= 11 is 0. The van der Waals surface area contributed by atoms with Gasteiger partial charge in [0.2, 0.25) is 6.79 Å². The molecule has 0 aliphatic carbocycles. The van der Waals surface area contributed by atoms with Gasteiger partial charge in [0.1, 0.15) is 0 Å². The molecule has 0 amide bonds. The maximum Gasteiger partial charge on any atom is 0.231 e. The van der Waals surface area contributed by atoms with Crippen LogP contribution in [0.1, 0.15) is 35.7 Å². The van der Waals surface area contributed by atoms with E-state index in [0.717, 1.165) is 22.6 Å². The number of ether oxygens (including phenoxy) is 2. The molecule has 1 aliphatic heterocycles. The quantitative estimate of drug-likeness (QED) is 0.810. The van der Waals surface area contributed by atoms with E-state index in [0.29, 0.717) is 6.54 Å². The van der Waals surface area contributed by atoms with Crippen molar-refractivity contribution >= 4 is 5.78 Å². The molecule has 1 aromatic rings. The topological polar surface area (TPSA) is 47.6 Å². The van der Waals surface area contributed by atoms with Crippen molar-refractivity contribution in [1.82, 2.24) is 5.32 Å². The lowest BCUT2D eigenvalue weighted by Crippen LogP contribution is -2.20. The minimum Gasteiger partial charge on any atom is -0.454 e. The Labute approximate surface area is 101 Å². The first-order valence-corrected chi connectivity index (χ1v) is 5.75. The van der Waals surface area contributed by atoms with Crippen LogP contribution in [-0.4, -0.2) is 26.2 Å². The zero-order chi connectivity index (χ0) is 12.4. The molecule has 1 N–H and O–H groups in total. The maximum atomic E-state index is 12.0. The molecule has 17 heavy (non-hydrogen) atoms. The van der Waals surface area contributed by atoms with Crippen molar-refractivity contribution in [3.05, 3.63) is 23.3 Å². The van der Waals surface area contributed by atoms with Crippen LogP contribution in [0.5, 0.6) is 11.5 Å². The van der Waals surface area contributed by atoms with Gasteiger partial charge < -0.3 is 14.8 Å². The second kappa shape index (κ2) is 4.75. The van der Waals surface area contributed by atoms with Gasteiger partial charge in [0, 0.05) is 11.1 Å². The van der Waals surface area contributed by atoms with E-state index in [1.165, 1.54) is 0 Å². The van der Waals surface area contributed by atoms with Crippen LogP contribution in [0.4, 0.5) is 0 Å². The number of carbonyl (C=O) groups excluding carboxylic acids is 1. The maximum absolute atomic E-state index is 12.0. The molecule has 0 saturated heterocycles. The monoisotopic (exact) mass is 235 g/mol. The Morgan fingerprint density at radius 2 is 2.18 bits per heavy atom. The number of ketones is 1. The third kappa shape index (κ3) is 2.13. The van der Waals surface area contributed by atoms with E-state index in [2.05, 4.69) is 5.32 Å². The third-order valence-corrected chi connectivity index (χ3v) is 2.79. The lowest BCUT2D eigenvalue weighted by Gasteiger charge is -2.14. The molecule has 0 spiro atoms. The van der Waals surface area contributed by atoms with Crippen molar-refractivity contribution in [1.29, 1.82) is 0 Å². The molecule has 0 radical (unpaired) electrons. The van der Waals surface area contributed by atoms with Crippen LogP contribution >= 0.6 is 0 Å². The summed E-state index contributed by atoms with van der Waals surface area (Å²) in [6.07, 6.45) is 0.